The quantitative estimate of drug-likeness (QED) is 0.676. The Morgan fingerprint density at radius 3 is 2.67 bits per heavy atom. The molecule has 1 fully saturated rings. The highest BCUT2D eigenvalue weighted by Gasteiger charge is 2.34. The number of β-amino-alcohol motifs (C(OH)–C–C–N with tert-alkyl or cyclic N) is 1. The average molecular weight is 410 g/mol. The number of anilines is 1. The molecule has 1 aliphatic heterocycles. The summed E-state index contributed by atoms with van der Waals surface area (Å²) in [6.45, 7) is 0.861. The number of likely N-dealkylation sites (tertiary alicyclic amines) is 1. The minimum atomic E-state index is -1.03. The largest absolute Gasteiger partial charge is 0.486 e. The third-order valence-electron chi connectivity index (χ3n) is 5.68. The van der Waals surface area contributed by atoms with E-state index in [-0.39, 0.29) is 18.0 Å². The number of carboxylic acids is 1. The maximum atomic E-state index is 12.5. The van der Waals surface area contributed by atoms with Gasteiger partial charge in [0, 0.05) is 18.8 Å². The van der Waals surface area contributed by atoms with Crippen LogP contribution >= 0.6 is 0 Å². The Hall–Kier alpha value is -2.90. The maximum Gasteiger partial charge on any atom is 0.335 e. The van der Waals surface area contributed by atoms with Crippen LogP contribution in [0.2, 0.25) is 0 Å². The van der Waals surface area contributed by atoms with E-state index in [9.17, 15) is 14.7 Å². The fraction of sp³-hybridized carbons (Fsp3) is 0.391. The SMILES string of the molecule is O=C(CN1C[C@@H](O)[C@H](Oc2cccc(C(=O)O)c2)C1)Nc1ccc2c(c1)CCCC2. The number of nitrogens with zero attached hydrogens (tertiary/aromatic N) is 1. The van der Waals surface area contributed by atoms with Crippen LogP contribution in [0, 0.1) is 0 Å². The fourth-order valence-electron chi connectivity index (χ4n) is 4.17. The number of carboxylic acid groups (broad SMARTS) is 1. The second-order valence-electron chi connectivity index (χ2n) is 7.99. The third-order valence-corrected chi connectivity index (χ3v) is 5.68. The van der Waals surface area contributed by atoms with Crippen molar-refractivity contribution in [2.24, 2.45) is 0 Å². The van der Waals surface area contributed by atoms with Gasteiger partial charge in [-0.15, -0.1) is 0 Å². The summed E-state index contributed by atoms with van der Waals surface area (Å²) in [5.41, 5.74) is 3.61. The molecule has 0 unspecified atom stereocenters. The van der Waals surface area contributed by atoms with E-state index < -0.39 is 18.2 Å². The Morgan fingerprint density at radius 2 is 1.87 bits per heavy atom. The number of amides is 1. The van der Waals surface area contributed by atoms with Crippen LogP contribution < -0.4 is 10.1 Å². The smallest absolute Gasteiger partial charge is 0.335 e. The second-order valence-corrected chi connectivity index (χ2v) is 7.99. The molecule has 1 aliphatic carbocycles. The van der Waals surface area contributed by atoms with Crippen molar-refractivity contribution >= 4 is 17.6 Å². The number of aromatic carboxylic acids is 1. The minimum Gasteiger partial charge on any atom is -0.486 e. The van der Waals surface area contributed by atoms with Crippen LogP contribution in [-0.4, -0.2) is 58.8 Å². The van der Waals surface area contributed by atoms with E-state index in [4.69, 9.17) is 9.84 Å². The van der Waals surface area contributed by atoms with Gasteiger partial charge < -0.3 is 20.3 Å². The first-order valence-corrected chi connectivity index (χ1v) is 10.3. The van der Waals surface area contributed by atoms with Crippen molar-refractivity contribution < 1.29 is 24.5 Å². The van der Waals surface area contributed by atoms with E-state index in [0.29, 0.717) is 18.8 Å². The highest BCUT2D eigenvalue weighted by molar-refractivity contribution is 5.92. The van der Waals surface area contributed by atoms with Gasteiger partial charge in [-0.05, 0) is 67.1 Å². The topological polar surface area (TPSA) is 99.1 Å². The van der Waals surface area contributed by atoms with E-state index in [0.717, 1.165) is 18.5 Å². The number of hydrogen-bond donors (Lipinski definition) is 3. The van der Waals surface area contributed by atoms with Crippen molar-refractivity contribution in [1.82, 2.24) is 4.90 Å². The maximum absolute atomic E-state index is 12.5. The van der Waals surface area contributed by atoms with E-state index in [2.05, 4.69) is 17.4 Å². The van der Waals surface area contributed by atoms with Gasteiger partial charge >= 0.3 is 5.97 Å². The Labute approximate surface area is 175 Å². The number of aliphatic hydroxyl groups is 1. The fourth-order valence-corrected chi connectivity index (χ4v) is 4.17. The first-order chi connectivity index (χ1) is 14.5. The van der Waals surface area contributed by atoms with Crippen LogP contribution in [0.3, 0.4) is 0 Å². The first kappa shape index (κ1) is 20.4. The number of hydrogen-bond acceptors (Lipinski definition) is 5. The molecule has 158 valence electrons. The Bertz CT molecular complexity index is 945. The van der Waals surface area contributed by atoms with E-state index in [1.807, 2.05) is 11.0 Å². The zero-order valence-electron chi connectivity index (χ0n) is 16.7. The predicted molar refractivity (Wildman–Crippen MR) is 112 cm³/mol. The van der Waals surface area contributed by atoms with Crippen LogP contribution in [0.5, 0.6) is 5.75 Å². The molecule has 1 saturated heterocycles. The number of carbonyl (C=O) groups excluding carboxylic acids is 1. The number of nitrogens with one attached hydrogen (secondary N) is 1. The van der Waals surface area contributed by atoms with Gasteiger partial charge in [0.25, 0.3) is 0 Å². The molecule has 30 heavy (non-hydrogen) atoms. The van der Waals surface area contributed by atoms with Gasteiger partial charge in [0.05, 0.1) is 12.1 Å². The molecule has 2 aliphatic rings. The van der Waals surface area contributed by atoms with E-state index >= 15 is 0 Å². The third kappa shape index (κ3) is 4.80. The Balaban J connectivity index is 1.32. The summed E-state index contributed by atoms with van der Waals surface area (Å²) in [7, 11) is 0. The van der Waals surface area contributed by atoms with Gasteiger partial charge in [-0.2, -0.15) is 0 Å². The Kier molecular flexibility index (Phi) is 6.01. The summed E-state index contributed by atoms with van der Waals surface area (Å²) in [5, 5.41) is 22.4. The van der Waals surface area contributed by atoms with Crippen molar-refractivity contribution in [3.63, 3.8) is 0 Å². The van der Waals surface area contributed by atoms with Crippen molar-refractivity contribution in [2.45, 2.75) is 37.9 Å². The molecule has 7 heteroatoms. The van der Waals surface area contributed by atoms with Crippen LogP contribution in [-0.2, 0) is 17.6 Å². The lowest BCUT2D eigenvalue weighted by Crippen LogP contribution is -2.33. The molecule has 4 rings (SSSR count). The zero-order valence-corrected chi connectivity index (χ0v) is 16.7. The summed E-state index contributed by atoms with van der Waals surface area (Å²) in [6, 6.07) is 12.3. The summed E-state index contributed by atoms with van der Waals surface area (Å²) in [4.78, 5) is 25.4. The molecule has 2 aromatic rings. The molecule has 0 aromatic heterocycles. The summed E-state index contributed by atoms with van der Waals surface area (Å²) < 4.78 is 5.78. The van der Waals surface area contributed by atoms with Gasteiger partial charge in [0.1, 0.15) is 18.0 Å². The van der Waals surface area contributed by atoms with Crippen LogP contribution in [0.1, 0.15) is 34.3 Å². The van der Waals surface area contributed by atoms with Crippen LogP contribution in [0.15, 0.2) is 42.5 Å². The molecule has 7 nitrogen and oxygen atoms in total. The highest BCUT2D eigenvalue weighted by atomic mass is 16.5. The first-order valence-electron chi connectivity index (χ1n) is 10.3. The molecule has 1 amide bonds. The van der Waals surface area contributed by atoms with Crippen molar-refractivity contribution in [2.75, 3.05) is 25.0 Å². The van der Waals surface area contributed by atoms with E-state index in [1.165, 1.54) is 36.1 Å². The van der Waals surface area contributed by atoms with Crippen LogP contribution in [0.25, 0.3) is 0 Å². The van der Waals surface area contributed by atoms with Gasteiger partial charge in [-0.3, -0.25) is 9.69 Å². The molecule has 0 spiro atoms. The van der Waals surface area contributed by atoms with Gasteiger partial charge in [-0.25, -0.2) is 4.79 Å². The molecule has 1 heterocycles. The normalized spacial score (nSPS) is 21.1. The zero-order chi connectivity index (χ0) is 21.1. The lowest BCUT2D eigenvalue weighted by Gasteiger charge is -2.18. The second kappa shape index (κ2) is 8.85. The van der Waals surface area contributed by atoms with Crippen molar-refractivity contribution in [1.29, 1.82) is 0 Å². The predicted octanol–water partition coefficient (Wildman–Crippen LogP) is 2.33. The minimum absolute atomic E-state index is 0.126. The molecule has 0 radical (unpaired) electrons. The van der Waals surface area contributed by atoms with E-state index in [1.54, 1.807) is 12.1 Å². The standard InChI is InChI=1S/C23H26N2O5/c26-20-12-25(13-21(20)30-19-7-3-6-17(11-19)23(28)29)14-22(27)24-18-9-8-15-4-1-2-5-16(15)10-18/h3,6-11,20-21,26H,1-2,4-5,12-14H2,(H,24,27)(H,28,29)/t20-,21-/m1/s1. The summed E-state index contributed by atoms with van der Waals surface area (Å²) in [5.74, 6) is -0.779. The number of ether oxygens (including phenoxy) is 1. The number of benzene rings is 2. The number of aryl methyl sites for hydroxylation is 2. The molecular formula is C23H26N2O5. The monoisotopic (exact) mass is 410 g/mol. The average Bonchev–Trinajstić information content (AvgIpc) is 3.06. The summed E-state index contributed by atoms with van der Waals surface area (Å²) in [6.07, 6.45) is 3.29. The number of rotatable bonds is 6. The van der Waals surface area contributed by atoms with Crippen molar-refractivity contribution in [3.05, 3.63) is 59.2 Å². The molecule has 2 aromatic carbocycles. The Morgan fingerprint density at radius 1 is 1.07 bits per heavy atom. The molecule has 0 saturated carbocycles. The molecular weight excluding hydrogens is 384 g/mol. The van der Waals surface area contributed by atoms with Gasteiger partial charge in [0.2, 0.25) is 5.91 Å². The molecule has 0 bridgehead atoms. The number of fused-ring (bicyclic) bond motifs is 1. The number of carbonyl (C=O) groups is 2. The van der Waals surface area contributed by atoms with Gasteiger partial charge in [-0.1, -0.05) is 12.1 Å². The van der Waals surface area contributed by atoms with Crippen molar-refractivity contribution in [3.8, 4) is 5.75 Å². The lowest BCUT2D eigenvalue weighted by atomic mass is 9.91. The summed E-state index contributed by atoms with van der Waals surface area (Å²) >= 11 is 0. The molecule has 3 N–H and O–H groups in total. The lowest BCUT2D eigenvalue weighted by molar-refractivity contribution is -0.117. The van der Waals surface area contributed by atoms with Crippen LogP contribution in [0.4, 0.5) is 5.69 Å². The molecule has 2 atom stereocenters. The highest BCUT2D eigenvalue weighted by Crippen LogP contribution is 2.24. The van der Waals surface area contributed by atoms with Gasteiger partial charge in [0.15, 0.2) is 0 Å². The number of aliphatic hydroxyl groups excluding tert-OH is 1.